The molecule has 0 unspecified atom stereocenters. The topological polar surface area (TPSA) is 12.0 Å². The van der Waals surface area contributed by atoms with Gasteiger partial charge in [-0.05, 0) is 31.5 Å². The number of thiocarbonyl (C=S) groups is 1. The second-order valence-corrected chi connectivity index (χ2v) is 3.82. The zero-order valence-corrected chi connectivity index (χ0v) is 9.09. The number of hydrogen-bond donors (Lipinski definition) is 1. The molecule has 0 saturated carbocycles. The van der Waals surface area contributed by atoms with E-state index in [0.717, 1.165) is 17.7 Å². The summed E-state index contributed by atoms with van der Waals surface area (Å²) in [5.74, 6) is 0. The third kappa shape index (κ3) is 3.20. The Hall–Kier alpha value is -1.10. The van der Waals surface area contributed by atoms with Crippen molar-refractivity contribution in [1.29, 1.82) is 0 Å². The first-order chi connectivity index (χ1) is 6.80. The predicted octanol–water partition coefficient (Wildman–Crippen LogP) is 3.77. The highest BCUT2D eigenvalue weighted by atomic mass is 32.1. The summed E-state index contributed by atoms with van der Waals surface area (Å²) in [5, 5.41) is 2.72. The number of rotatable bonds is 1. The first kappa shape index (κ1) is 12.0. The Balaban J connectivity index is 3.11. The van der Waals surface area contributed by atoms with E-state index in [0.29, 0.717) is 10.7 Å². The van der Waals surface area contributed by atoms with Gasteiger partial charge < -0.3 is 5.32 Å². The molecule has 0 heterocycles. The molecule has 0 fully saturated rings. The fourth-order valence-electron chi connectivity index (χ4n) is 1.12. The highest BCUT2D eigenvalue weighted by molar-refractivity contribution is 7.80. The highest BCUT2D eigenvalue weighted by Crippen LogP contribution is 2.31. The van der Waals surface area contributed by atoms with Gasteiger partial charge in [0.25, 0.3) is 0 Å². The Morgan fingerprint density at radius 2 is 1.93 bits per heavy atom. The summed E-state index contributed by atoms with van der Waals surface area (Å²) in [5.41, 5.74) is 0.455. The lowest BCUT2D eigenvalue weighted by Gasteiger charge is -2.12. The van der Waals surface area contributed by atoms with Crippen molar-refractivity contribution in [2.24, 2.45) is 0 Å². The van der Waals surface area contributed by atoms with Gasteiger partial charge in [-0.2, -0.15) is 13.2 Å². The van der Waals surface area contributed by atoms with Crippen LogP contribution in [0.2, 0.25) is 0 Å². The molecule has 0 amide bonds. The van der Waals surface area contributed by atoms with Crippen molar-refractivity contribution < 1.29 is 13.2 Å². The molecule has 1 aromatic rings. The van der Waals surface area contributed by atoms with Crippen molar-refractivity contribution in [2.45, 2.75) is 20.0 Å². The quantitative estimate of drug-likeness (QED) is 0.741. The van der Waals surface area contributed by atoms with E-state index in [1.807, 2.05) is 0 Å². The molecule has 0 aliphatic rings. The van der Waals surface area contributed by atoms with Gasteiger partial charge in [-0.25, -0.2) is 0 Å². The highest BCUT2D eigenvalue weighted by Gasteiger charge is 2.30. The maximum atomic E-state index is 12.4. The SMILES string of the molecule is CC(=S)Nc1cc(C(F)(F)F)ccc1C. The molecule has 0 aromatic heterocycles. The molecular formula is C10H10F3NS. The van der Waals surface area contributed by atoms with Crippen molar-refractivity contribution in [1.82, 2.24) is 0 Å². The smallest absolute Gasteiger partial charge is 0.350 e. The van der Waals surface area contributed by atoms with Crippen LogP contribution < -0.4 is 5.32 Å². The minimum Gasteiger partial charge on any atom is -0.350 e. The van der Waals surface area contributed by atoms with E-state index in [4.69, 9.17) is 12.2 Å². The van der Waals surface area contributed by atoms with Crippen LogP contribution in [-0.2, 0) is 6.18 Å². The predicted molar refractivity (Wildman–Crippen MR) is 58.1 cm³/mol. The standard InChI is InChI=1S/C10H10F3NS/c1-6-3-4-8(10(11,12)13)5-9(6)14-7(2)15/h3-5H,1-2H3,(H,14,15). The fraction of sp³-hybridized carbons (Fsp3) is 0.300. The lowest BCUT2D eigenvalue weighted by atomic mass is 10.1. The number of hydrogen-bond acceptors (Lipinski definition) is 1. The number of nitrogens with one attached hydrogen (secondary N) is 1. The summed E-state index contributed by atoms with van der Waals surface area (Å²) >= 11 is 4.78. The van der Waals surface area contributed by atoms with Gasteiger partial charge >= 0.3 is 6.18 Å². The molecule has 0 aliphatic heterocycles. The molecule has 0 spiro atoms. The number of benzene rings is 1. The summed E-state index contributed by atoms with van der Waals surface area (Å²) in [6, 6.07) is 3.54. The summed E-state index contributed by atoms with van der Waals surface area (Å²) in [6.45, 7) is 3.34. The second kappa shape index (κ2) is 4.18. The van der Waals surface area contributed by atoms with Gasteiger partial charge in [-0.3, -0.25) is 0 Å². The van der Waals surface area contributed by atoms with E-state index in [2.05, 4.69) is 5.32 Å². The first-order valence-corrected chi connectivity index (χ1v) is 4.67. The van der Waals surface area contributed by atoms with Crippen molar-refractivity contribution in [3.63, 3.8) is 0 Å². The van der Waals surface area contributed by atoms with Crippen LogP contribution in [0.25, 0.3) is 0 Å². The van der Waals surface area contributed by atoms with Crippen molar-refractivity contribution in [2.75, 3.05) is 5.32 Å². The Labute approximate surface area is 91.3 Å². The number of aryl methyl sites for hydroxylation is 1. The number of alkyl halides is 3. The number of halogens is 3. The van der Waals surface area contributed by atoms with E-state index >= 15 is 0 Å². The van der Waals surface area contributed by atoms with Gasteiger partial charge in [0.1, 0.15) is 0 Å². The molecule has 0 saturated heterocycles. The Kier molecular flexibility index (Phi) is 3.34. The van der Waals surface area contributed by atoms with Crippen molar-refractivity contribution >= 4 is 22.9 Å². The third-order valence-corrected chi connectivity index (χ3v) is 1.98. The minimum atomic E-state index is -4.32. The molecule has 0 aliphatic carbocycles. The molecule has 1 nitrogen and oxygen atoms in total. The maximum Gasteiger partial charge on any atom is 0.416 e. The average Bonchev–Trinajstić information content (AvgIpc) is 2.06. The lowest BCUT2D eigenvalue weighted by molar-refractivity contribution is -0.137. The van der Waals surface area contributed by atoms with Gasteiger partial charge in [-0.1, -0.05) is 18.3 Å². The summed E-state index contributed by atoms with van der Waals surface area (Å²) in [6.07, 6.45) is -4.32. The molecule has 1 N–H and O–H groups in total. The maximum absolute atomic E-state index is 12.4. The fourth-order valence-corrected chi connectivity index (χ4v) is 1.23. The van der Waals surface area contributed by atoms with Crippen LogP contribution in [-0.4, -0.2) is 4.99 Å². The first-order valence-electron chi connectivity index (χ1n) is 4.26. The van der Waals surface area contributed by atoms with Gasteiger partial charge in [0.2, 0.25) is 0 Å². The third-order valence-electron chi connectivity index (χ3n) is 1.88. The summed E-state index contributed by atoms with van der Waals surface area (Å²) in [7, 11) is 0. The molecule has 15 heavy (non-hydrogen) atoms. The van der Waals surface area contributed by atoms with Gasteiger partial charge in [-0.15, -0.1) is 0 Å². The average molecular weight is 233 g/mol. The Morgan fingerprint density at radius 3 is 2.40 bits per heavy atom. The van der Waals surface area contributed by atoms with Crippen LogP contribution >= 0.6 is 12.2 Å². The molecule has 0 atom stereocenters. The van der Waals surface area contributed by atoms with E-state index < -0.39 is 11.7 Å². The van der Waals surface area contributed by atoms with Crippen LogP contribution in [0.4, 0.5) is 18.9 Å². The van der Waals surface area contributed by atoms with Crippen LogP contribution in [0, 0.1) is 6.92 Å². The van der Waals surface area contributed by atoms with Crippen LogP contribution in [0.1, 0.15) is 18.1 Å². The largest absolute Gasteiger partial charge is 0.416 e. The van der Waals surface area contributed by atoms with Gasteiger partial charge in [0, 0.05) is 5.69 Å². The molecule has 82 valence electrons. The van der Waals surface area contributed by atoms with E-state index in [-0.39, 0.29) is 0 Å². The zero-order chi connectivity index (χ0) is 11.6. The normalized spacial score (nSPS) is 11.3. The van der Waals surface area contributed by atoms with Crippen LogP contribution in [0.3, 0.4) is 0 Å². The minimum absolute atomic E-state index is 0.400. The van der Waals surface area contributed by atoms with Gasteiger partial charge in [0.05, 0.1) is 10.6 Å². The van der Waals surface area contributed by atoms with E-state index in [9.17, 15) is 13.2 Å². The second-order valence-electron chi connectivity index (χ2n) is 3.21. The van der Waals surface area contributed by atoms with Crippen LogP contribution in [0.5, 0.6) is 0 Å². The zero-order valence-electron chi connectivity index (χ0n) is 8.27. The molecule has 5 heteroatoms. The molecular weight excluding hydrogens is 223 g/mol. The Morgan fingerprint density at radius 1 is 1.33 bits per heavy atom. The molecule has 1 rings (SSSR count). The number of anilines is 1. The molecule has 0 bridgehead atoms. The van der Waals surface area contributed by atoms with E-state index in [1.165, 1.54) is 6.07 Å². The monoisotopic (exact) mass is 233 g/mol. The lowest BCUT2D eigenvalue weighted by Crippen LogP contribution is -2.09. The summed E-state index contributed by atoms with van der Waals surface area (Å²) in [4.78, 5) is 0.442. The molecule has 1 aromatic carbocycles. The summed E-state index contributed by atoms with van der Waals surface area (Å²) < 4.78 is 37.1. The molecule has 0 radical (unpaired) electrons. The van der Waals surface area contributed by atoms with Crippen molar-refractivity contribution in [3.8, 4) is 0 Å². The van der Waals surface area contributed by atoms with Crippen LogP contribution in [0.15, 0.2) is 18.2 Å². The Bertz CT molecular complexity index is 385. The van der Waals surface area contributed by atoms with Crippen molar-refractivity contribution in [3.05, 3.63) is 29.3 Å². The van der Waals surface area contributed by atoms with E-state index in [1.54, 1.807) is 13.8 Å². The van der Waals surface area contributed by atoms with Gasteiger partial charge in [0.15, 0.2) is 0 Å².